The van der Waals surface area contributed by atoms with Crippen molar-refractivity contribution in [2.45, 2.75) is 18.2 Å². The van der Waals surface area contributed by atoms with Crippen LogP contribution in [0.1, 0.15) is 11.3 Å². The van der Waals surface area contributed by atoms with Crippen molar-refractivity contribution in [3.63, 3.8) is 0 Å². The molecule has 0 saturated carbocycles. The SMILES string of the molecule is COc1ccc(-c2nc(CCNS(=O)(=O)c3ccc(OC)c(C)c3)cs2)cc1. The van der Waals surface area contributed by atoms with Gasteiger partial charge >= 0.3 is 0 Å². The number of aryl methyl sites for hydroxylation is 1. The maximum Gasteiger partial charge on any atom is 0.240 e. The molecular formula is C20H22N2O4S2. The molecule has 0 unspecified atom stereocenters. The second-order valence-electron chi connectivity index (χ2n) is 6.15. The Kier molecular flexibility index (Phi) is 6.33. The fourth-order valence-corrected chi connectivity index (χ4v) is 4.68. The summed E-state index contributed by atoms with van der Waals surface area (Å²) in [5.41, 5.74) is 2.63. The third kappa shape index (κ3) is 4.70. The zero-order valence-electron chi connectivity index (χ0n) is 15.9. The normalized spacial score (nSPS) is 11.4. The average Bonchev–Trinajstić information content (AvgIpc) is 3.16. The largest absolute Gasteiger partial charge is 0.497 e. The first-order chi connectivity index (χ1) is 13.4. The van der Waals surface area contributed by atoms with E-state index in [9.17, 15) is 8.42 Å². The third-order valence-electron chi connectivity index (χ3n) is 4.24. The molecule has 0 atom stereocenters. The van der Waals surface area contributed by atoms with E-state index in [1.165, 1.54) is 11.3 Å². The van der Waals surface area contributed by atoms with E-state index in [0.29, 0.717) is 12.2 Å². The van der Waals surface area contributed by atoms with Gasteiger partial charge in [-0.15, -0.1) is 11.3 Å². The van der Waals surface area contributed by atoms with E-state index >= 15 is 0 Å². The van der Waals surface area contributed by atoms with Crippen molar-refractivity contribution in [1.82, 2.24) is 9.71 Å². The summed E-state index contributed by atoms with van der Waals surface area (Å²) in [6.07, 6.45) is 0.515. The Balaban J connectivity index is 1.61. The molecule has 0 spiro atoms. The topological polar surface area (TPSA) is 77.5 Å². The summed E-state index contributed by atoms with van der Waals surface area (Å²) in [5, 5.41) is 2.84. The highest BCUT2D eigenvalue weighted by Crippen LogP contribution is 2.26. The average molecular weight is 419 g/mol. The summed E-state index contributed by atoms with van der Waals surface area (Å²) in [5.74, 6) is 1.45. The van der Waals surface area contributed by atoms with Crippen molar-refractivity contribution in [2.75, 3.05) is 20.8 Å². The predicted molar refractivity (Wildman–Crippen MR) is 111 cm³/mol. The lowest BCUT2D eigenvalue weighted by Gasteiger charge is -2.09. The Morgan fingerprint density at radius 3 is 2.46 bits per heavy atom. The maximum atomic E-state index is 12.5. The van der Waals surface area contributed by atoms with Gasteiger partial charge in [-0.2, -0.15) is 0 Å². The van der Waals surface area contributed by atoms with Crippen LogP contribution >= 0.6 is 11.3 Å². The van der Waals surface area contributed by atoms with Gasteiger partial charge in [-0.25, -0.2) is 18.1 Å². The van der Waals surface area contributed by atoms with E-state index in [1.807, 2.05) is 36.6 Å². The van der Waals surface area contributed by atoms with Crippen LogP contribution in [0.15, 0.2) is 52.7 Å². The fraction of sp³-hybridized carbons (Fsp3) is 0.250. The van der Waals surface area contributed by atoms with Crippen LogP contribution in [-0.4, -0.2) is 34.2 Å². The molecule has 3 rings (SSSR count). The summed E-state index contributed by atoms with van der Waals surface area (Å²) in [6, 6.07) is 12.5. The summed E-state index contributed by atoms with van der Waals surface area (Å²) >= 11 is 1.53. The molecule has 0 fully saturated rings. The zero-order chi connectivity index (χ0) is 20.1. The molecule has 0 radical (unpaired) electrons. The smallest absolute Gasteiger partial charge is 0.240 e. The quantitative estimate of drug-likeness (QED) is 0.604. The molecule has 8 heteroatoms. The van der Waals surface area contributed by atoms with Gasteiger partial charge in [-0.05, 0) is 55.0 Å². The standard InChI is InChI=1S/C20H22N2O4S2/c1-14-12-18(8-9-19(14)26-3)28(23,24)21-11-10-16-13-27-20(22-16)15-4-6-17(25-2)7-5-15/h4-9,12-13,21H,10-11H2,1-3H3. The van der Waals surface area contributed by atoms with Crippen molar-refractivity contribution in [3.8, 4) is 22.1 Å². The Morgan fingerprint density at radius 1 is 1.07 bits per heavy atom. The number of ether oxygens (including phenoxy) is 2. The second kappa shape index (κ2) is 8.72. The van der Waals surface area contributed by atoms with Crippen LogP contribution in [0.5, 0.6) is 11.5 Å². The Morgan fingerprint density at radius 2 is 1.82 bits per heavy atom. The number of nitrogens with one attached hydrogen (secondary N) is 1. The second-order valence-corrected chi connectivity index (χ2v) is 8.78. The number of rotatable bonds is 8. The number of methoxy groups -OCH3 is 2. The molecular weight excluding hydrogens is 396 g/mol. The van der Waals surface area contributed by atoms with Crippen LogP contribution in [0, 0.1) is 6.92 Å². The van der Waals surface area contributed by atoms with Crippen LogP contribution < -0.4 is 14.2 Å². The number of nitrogens with zero attached hydrogens (tertiary/aromatic N) is 1. The Hall–Kier alpha value is -2.42. The van der Waals surface area contributed by atoms with Crippen LogP contribution in [0.2, 0.25) is 0 Å². The molecule has 28 heavy (non-hydrogen) atoms. The molecule has 0 aliphatic carbocycles. The molecule has 0 aliphatic heterocycles. The molecule has 0 aliphatic rings. The number of hydrogen-bond acceptors (Lipinski definition) is 6. The van der Waals surface area contributed by atoms with Crippen molar-refractivity contribution in [2.24, 2.45) is 0 Å². The van der Waals surface area contributed by atoms with Crippen LogP contribution in [0.3, 0.4) is 0 Å². The number of benzene rings is 2. The van der Waals surface area contributed by atoms with Gasteiger partial charge in [0, 0.05) is 23.9 Å². The highest BCUT2D eigenvalue weighted by Gasteiger charge is 2.15. The summed E-state index contributed by atoms with van der Waals surface area (Å²) in [4.78, 5) is 4.82. The van der Waals surface area contributed by atoms with E-state index in [2.05, 4.69) is 9.71 Å². The molecule has 0 bridgehead atoms. The Labute approximate surface area is 169 Å². The van der Waals surface area contributed by atoms with E-state index in [4.69, 9.17) is 9.47 Å². The maximum absolute atomic E-state index is 12.5. The number of aromatic nitrogens is 1. The van der Waals surface area contributed by atoms with Crippen molar-refractivity contribution < 1.29 is 17.9 Å². The molecule has 1 aromatic heterocycles. The minimum absolute atomic E-state index is 0.225. The van der Waals surface area contributed by atoms with Crippen molar-refractivity contribution in [3.05, 3.63) is 59.1 Å². The van der Waals surface area contributed by atoms with Crippen LogP contribution in [0.4, 0.5) is 0 Å². The molecule has 1 heterocycles. The van der Waals surface area contributed by atoms with E-state index in [0.717, 1.165) is 27.6 Å². The molecule has 148 valence electrons. The zero-order valence-corrected chi connectivity index (χ0v) is 17.6. The molecule has 0 amide bonds. The monoisotopic (exact) mass is 418 g/mol. The number of hydrogen-bond donors (Lipinski definition) is 1. The van der Waals surface area contributed by atoms with E-state index < -0.39 is 10.0 Å². The first-order valence-corrected chi connectivity index (χ1v) is 11.0. The van der Waals surface area contributed by atoms with Gasteiger partial charge in [-0.1, -0.05) is 0 Å². The number of sulfonamides is 1. The summed E-state index contributed by atoms with van der Waals surface area (Å²) < 4.78 is 37.9. The van der Waals surface area contributed by atoms with Gasteiger partial charge in [0.2, 0.25) is 10.0 Å². The minimum atomic E-state index is -3.57. The van der Waals surface area contributed by atoms with Gasteiger partial charge in [0.25, 0.3) is 0 Å². The molecule has 1 N–H and O–H groups in total. The van der Waals surface area contributed by atoms with E-state index in [-0.39, 0.29) is 11.4 Å². The lowest BCUT2D eigenvalue weighted by atomic mass is 10.2. The molecule has 6 nitrogen and oxygen atoms in total. The fourth-order valence-electron chi connectivity index (χ4n) is 2.70. The van der Waals surface area contributed by atoms with E-state index in [1.54, 1.807) is 32.4 Å². The van der Waals surface area contributed by atoms with Gasteiger partial charge in [-0.3, -0.25) is 0 Å². The minimum Gasteiger partial charge on any atom is -0.497 e. The lowest BCUT2D eigenvalue weighted by molar-refractivity contribution is 0.411. The highest BCUT2D eigenvalue weighted by molar-refractivity contribution is 7.89. The number of thiazole rings is 1. The molecule has 0 saturated heterocycles. The first kappa shape index (κ1) is 20.3. The van der Waals surface area contributed by atoms with Crippen molar-refractivity contribution >= 4 is 21.4 Å². The highest BCUT2D eigenvalue weighted by atomic mass is 32.2. The van der Waals surface area contributed by atoms with Crippen LogP contribution in [-0.2, 0) is 16.4 Å². The van der Waals surface area contributed by atoms with Crippen LogP contribution in [0.25, 0.3) is 10.6 Å². The van der Waals surface area contributed by atoms with Gasteiger partial charge in [0.1, 0.15) is 16.5 Å². The lowest BCUT2D eigenvalue weighted by Crippen LogP contribution is -2.26. The summed E-state index contributed by atoms with van der Waals surface area (Å²) in [6.45, 7) is 2.09. The molecule has 2 aromatic carbocycles. The van der Waals surface area contributed by atoms with Gasteiger partial charge < -0.3 is 9.47 Å². The van der Waals surface area contributed by atoms with Crippen molar-refractivity contribution in [1.29, 1.82) is 0 Å². The van der Waals surface area contributed by atoms with Gasteiger partial charge in [0.05, 0.1) is 24.8 Å². The third-order valence-corrected chi connectivity index (χ3v) is 6.64. The molecule has 3 aromatic rings. The summed E-state index contributed by atoms with van der Waals surface area (Å²) in [7, 11) is -0.387. The van der Waals surface area contributed by atoms with Gasteiger partial charge in [0.15, 0.2) is 0 Å². The Bertz CT molecular complexity index is 1040. The first-order valence-electron chi connectivity index (χ1n) is 8.66. The predicted octanol–water partition coefficient (Wildman–Crippen LogP) is 3.66.